The van der Waals surface area contributed by atoms with Crippen LogP contribution < -0.4 is 15.2 Å². The number of nitrogens with one attached hydrogen (secondary N) is 1. The summed E-state index contributed by atoms with van der Waals surface area (Å²) in [6.07, 6.45) is -3.43. The first kappa shape index (κ1) is 21.3. The SMILES string of the molecule is NS(=O)(=O)c1ccc(Nc2ncc(C(F)(F)F)c(O[C@@H]3CCCC[C@@H]3O)n2)cc1. The number of anilines is 2. The third kappa shape index (κ3) is 5.34. The summed E-state index contributed by atoms with van der Waals surface area (Å²) in [5.74, 6) is -0.858. The minimum atomic E-state index is -4.73. The molecule has 0 saturated heterocycles. The number of nitrogens with two attached hydrogens (primary N) is 1. The van der Waals surface area contributed by atoms with E-state index in [1.807, 2.05) is 0 Å². The number of benzene rings is 1. The fraction of sp³-hybridized carbons (Fsp3) is 0.412. The van der Waals surface area contributed by atoms with Crippen LogP contribution in [-0.2, 0) is 16.2 Å². The Hall–Kier alpha value is -2.44. The number of aromatic nitrogens is 2. The van der Waals surface area contributed by atoms with Crippen molar-refractivity contribution in [2.75, 3.05) is 5.32 Å². The first-order valence-corrected chi connectivity index (χ1v) is 10.3. The zero-order valence-electron chi connectivity index (χ0n) is 15.1. The molecule has 2 aromatic rings. The second kappa shape index (κ2) is 8.13. The van der Waals surface area contributed by atoms with Gasteiger partial charge in [-0.25, -0.2) is 18.5 Å². The van der Waals surface area contributed by atoms with E-state index in [1.54, 1.807) is 0 Å². The standard InChI is InChI=1S/C17H19F3N4O4S/c18-17(19,20)12-9-22-16(23-10-5-7-11(8-6-10)29(21,26)27)24-15(12)28-14-4-2-1-3-13(14)25/h5-9,13-14,25H,1-4H2,(H2,21,26,27)(H,22,23,24)/t13-,14+/m0/s1. The molecule has 1 aromatic carbocycles. The first-order chi connectivity index (χ1) is 13.5. The Balaban J connectivity index is 1.86. The first-order valence-electron chi connectivity index (χ1n) is 8.73. The average Bonchev–Trinajstić information content (AvgIpc) is 2.62. The van der Waals surface area contributed by atoms with Gasteiger partial charge >= 0.3 is 6.18 Å². The van der Waals surface area contributed by atoms with Gasteiger partial charge in [-0.05, 0) is 43.5 Å². The molecule has 1 aliphatic carbocycles. The van der Waals surface area contributed by atoms with E-state index >= 15 is 0 Å². The molecule has 4 N–H and O–H groups in total. The molecule has 1 aliphatic rings. The number of nitrogens with zero attached hydrogens (tertiary/aromatic N) is 2. The molecule has 0 radical (unpaired) electrons. The van der Waals surface area contributed by atoms with Gasteiger partial charge in [0.15, 0.2) is 0 Å². The lowest BCUT2D eigenvalue weighted by molar-refractivity contribution is -0.140. The van der Waals surface area contributed by atoms with Crippen molar-refractivity contribution in [1.82, 2.24) is 9.97 Å². The minimum Gasteiger partial charge on any atom is -0.471 e. The van der Waals surface area contributed by atoms with Crippen LogP contribution in [0.15, 0.2) is 35.4 Å². The summed E-state index contributed by atoms with van der Waals surface area (Å²) in [5.41, 5.74) is -0.814. The van der Waals surface area contributed by atoms with Crippen molar-refractivity contribution in [2.45, 2.75) is 49.0 Å². The molecule has 29 heavy (non-hydrogen) atoms. The number of hydrogen-bond acceptors (Lipinski definition) is 7. The number of hydrogen-bond donors (Lipinski definition) is 3. The van der Waals surface area contributed by atoms with E-state index in [1.165, 1.54) is 24.3 Å². The zero-order valence-corrected chi connectivity index (χ0v) is 15.9. The molecule has 3 rings (SSSR count). The highest BCUT2D eigenvalue weighted by molar-refractivity contribution is 7.89. The molecule has 0 bridgehead atoms. The highest BCUT2D eigenvalue weighted by Gasteiger charge is 2.38. The second-order valence-corrected chi connectivity index (χ2v) is 8.17. The Morgan fingerprint density at radius 1 is 1.17 bits per heavy atom. The molecular formula is C17H19F3N4O4S. The summed E-state index contributed by atoms with van der Waals surface area (Å²) in [4.78, 5) is 7.35. The Labute approximate surface area is 165 Å². The highest BCUT2D eigenvalue weighted by atomic mass is 32.2. The van der Waals surface area contributed by atoms with Crippen molar-refractivity contribution in [1.29, 1.82) is 0 Å². The van der Waals surface area contributed by atoms with Gasteiger partial charge in [0, 0.05) is 11.9 Å². The van der Waals surface area contributed by atoms with Crippen LogP contribution in [0.1, 0.15) is 31.2 Å². The third-order valence-electron chi connectivity index (χ3n) is 4.43. The van der Waals surface area contributed by atoms with Crippen molar-refractivity contribution in [3.05, 3.63) is 36.0 Å². The molecular weight excluding hydrogens is 413 g/mol. The lowest BCUT2D eigenvalue weighted by atomic mass is 9.95. The molecule has 0 aliphatic heterocycles. The number of sulfonamides is 1. The van der Waals surface area contributed by atoms with Gasteiger partial charge in [0.25, 0.3) is 0 Å². The summed E-state index contributed by atoms with van der Waals surface area (Å²) in [5, 5.41) is 17.7. The van der Waals surface area contributed by atoms with Crippen LogP contribution in [-0.4, -0.2) is 35.7 Å². The van der Waals surface area contributed by atoms with Gasteiger partial charge in [0.05, 0.1) is 11.0 Å². The third-order valence-corrected chi connectivity index (χ3v) is 5.36. The Kier molecular flexibility index (Phi) is 5.96. The van der Waals surface area contributed by atoms with Crippen LogP contribution in [0.25, 0.3) is 0 Å². The highest BCUT2D eigenvalue weighted by Crippen LogP contribution is 2.37. The Morgan fingerprint density at radius 2 is 1.83 bits per heavy atom. The molecule has 0 amide bonds. The summed E-state index contributed by atoms with van der Waals surface area (Å²) in [6, 6.07) is 5.20. The number of rotatable bonds is 5. The van der Waals surface area contributed by atoms with E-state index in [0.717, 1.165) is 12.8 Å². The van der Waals surface area contributed by atoms with Gasteiger partial charge in [-0.1, -0.05) is 6.42 Å². The molecule has 1 heterocycles. The van der Waals surface area contributed by atoms with Crippen molar-refractivity contribution < 1.29 is 31.4 Å². The monoisotopic (exact) mass is 432 g/mol. The molecule has 12 heteroatoms. The topological polar surface area (TPSA) is 127 Å². The maximum Gasteiger partial charge on any atom is 0.423 e. The smallest absolute Gasteiger partial charge is 0.423 e. The van der Waals surface area contributed by atoms with Crippen molar-refractivity contribution in [3.63, 3.8) is 0 Å². The second-order valence-electron chi connectivity index (χ2n) is 6.61. The van der Waals surface area contributed by atoms with Crippen LogP contribution >= 0.6 is 0 Å². The average molecular weight is 432 g/mol. The van der Waals surface area contributed by atoms with E-state index in [-0.39, 0.29) is 10.8 Å². The molecule has 0 spiro atoms. The lowest BCUT2D eigenvalue weighted by Gasteiger charge is -2.28. The van der Waals surface area contributed by atoms with Crippen LogP contribution in [0.2, 0.25) is 0 Å². The van der Waals surface area contributed by atoms with Crippen molar-refractivity contribution in [3.8, 4) is 5.88 Å². The fourth-order valence-corrected chi connectivity index (χ4v) is 3.44. The number of alkyl halides is 3. The van der Waals surface area contributed by atoms with E-state index < -0.39 is 39.9 Å². The molecule has 1 aromatic heterocycles. The molecule has 158 valence electrons. The summed E-state index contributed by atoms with van der Waals surface area (Å²) >= 11 is 0. The molecule has 1 fully saturated rings. The normalized spacial score (nSPS) is 20.3. The predicted octanol–water partition coefficient (Wildman–Crippen LogP) is 2.57. The van der Waals surface area contributed by atoms with Gasteiger partial charge in [-0.15, -0.1) is 0 Å². The lowest BCUT2D eigenvalue weighted by Crippen LogP contribution is -2.35. The van der Waals surface area contributed by atoms with E-state index in [4.69, 9.17) is 9.88 Å². The van der Waals surface area contributed by atoms with Gasteiger partial charge < -0.3 is 15.2 Å². The van der Waals surface area contributed by atoms with Crippen LogP contribution in [0.3, 0.4) is 0 Å². The summed E-state index contributed by atoms with van der Waals surface area (Å²) in [7, 11) is -3.87. The van der Waals surface area contributed by atoms with Crippen LogP contribution in [0.4, 0.5) is 24.8 Å². The van der Waals surface area contributed by atoms with E-state index in [2.05, 4.69) is 15.3 Å². The maximum atomic E-state index is 13.3. The van der Waals surface area contributed by atoms with Crippen molar-refractivity contribution >= 4 is 21.7 Å². The number of ether oxygens (including phenoxy) is 1. The van der Waals surface area contributed by atoms with Gasteiger partial charge in [-0.2, -0.15) is 18.2 Å². The van der Waals surface area contributed by atoms with Crippen molar-refractivity contribution in [2.24, 2.45) is 5.14 Å². The summed E-state index contributed by atoms with van der Waals surface area (Å²) < 4.78 is 67.9. The molecule has 0 unspecified atom stereocenters. The van der Waals surface area contributed by atoms with Gasteiger partial charge in [0.1, 0.15) is 11.7 Å². The van der Waals surface area contributed by atoms with Crippen LogP contribution in [0, 0.1) is 0 Å². The Morgan fingerprint density at radius 3 is 2.41 bits per heavy atom. The largest absolute Gasteiger partial charge is 0.471 e. The zero-order chi connectivity index (χ0) is 21.2. The maximum absolute atomic E-state index is 13.3. The number of aliphatic hydroxyl groups is 1. The minimum absolute atomic E-state index is 0.119. The summed E-state index contributed by atoms with van der Waals surface area (Å²) in [6.45, 7) is 0. The van der Waals surface area contributed by atoms with E-state index in [0.29, 0.717) is 24.7 Å². The van der Waals surface area contributed by atoms with E-state index in [9.17, 15) is 26.7 Å². The van der Waals surface area contributed by atoms with Gasteiger partial charge in [-0.3, -0.25) is 0 Å². The Bertz CT molecular complexity index is 968. The number of halogens is 3. The number of primary sulfonamides is 1. The van der Waals surface area contributed by atoms with Crippen LogP contribution in [0.5, 0.6) is 5.88 Å². The quantitative estimate of drug-likeness (QED) is 0.663. The molecule has 1 saturated carbocycles. The molecule has 2 atom stereocenters. The molecule has 8 nitrogen and oxygen atoms in total. The van der Waals surface area contributed by atoms with Gasteiger partial charge in [0.2, 0.25) is 21.9 Å². The predicted molar refractivity (Wildman–Crippen MR) is 97.0 cm³/mol. The number of aliphatic hydroxyl groups excluding tert-OH is 1. The fourth-order valence-electron chi connectivity index (χ4n) is 2.93.